The third-order valence-corrected chi connectivity index (χ3v) is 6.65. The number of para-hydroxylation sites is 2. The van der Waals surface area contributed by atoms with Crippen molar-refractivity contribution in [1.29, 1.82) is 10.5 Å². The minimum atomic E-state index is 0.610. The Morgan fingerprint density at radius 1 is 0.568 bits per heavy atom. The van der Waals surface area contributed by atoms with Crippen molar-refractivity contribution >= 4 is 38.9 Å². The van der Waals surface area contributed by atoms with E-state index in [1.54, 1.807) is 0 Å². The molecule has 37 heavy (non-hydrogen) atoms. The zero-order valence-electron chi connectivity index (χ0n) is 20.3. The molecule has 0 aliphatic carbocycles. The summed E-state index contributed by atoms with van der Waals surface area (Å²) in [6.45, 7) is 2.11. The largest absolute Gasteiger partial charge is 0.310 e. The molecule has 0 aliphatic heterocycles. The van der Waals surface area contributed by atoms with Gasteiger partial charge in [-0.25, -0.2) is 0 Å². The second kappa shape index (κ2) is 9.04. The Hall–Kier alpha value is -5.32. The van der Waals surface area contributed by atoms with E-state index in [9.17, 15) is 10.5 Å². The smallest absolute Gasteiger partial charge is 0.0991 e. The molecule has 0 fully saturated rings. The maximum atomic E-state index is 9.31. The first-order valence-electron chi connectivity index (χ1n) is 12.1. The van der Waals surface area contributed by atoms with Crippen LogP contribution in [-0.2, 0) is 0 Å². The lowest BCUT2D eigenvalue weighted by Crippen LogP contribution is -2.11. The first kappa shape index (κ1) is 22.2. The number of hydrogen-bond acceptors (Lipinski definition) is 3. The molecule has 5 aromatic carbocycles. The van der Waals surface area contributed by atoms with Crippen LogP contribution in [0.4, 0.5) is 17.1 Å². The van der Waals surface area contributed by atoms with Crippen molar-refractivity contribution in [2.24, 2.45) is 0 Å². The highest BCUT2D eigenvalue weighted by atomic mass is 15.1. The Kier molecular flexibility index (Phi) is 5.41. The molecule has 4 nitrogen and oxygen atoms in total. The van der Waals surface area contributed by atoms with Gasteiger partial charge >= 0.3 is 0 Å². The predicted molar refractivity (Wildman–Crippen MR) is 150 cm³/mol. The number of nitriles is 2. The quantitative estimate of drug-likeness (QED) is 0.258. The van der Waals surface area contributed by atoms with Crippen LogP contribution in [-0.4, -0.2) is 4.57 Å². The average molecular weight is 475 g/mol. The first-order valence-corrected chi connectivity index (χ1v) is 12.1. The molecule has 0 N–H and O–H groups in total. The third-order valence-electron chi connectivity index (χ3n) is 6.65. The second-order valence-electron chi connectivity index (χ2n) is 9.05. The summed E-state index contributed by atoms with van der Waals surface area (Å²) in [4.78, 5) is 2.16. The van der Waals surface area contributed by atoms with Crippen LogP contribution in [0.15, 0.2) is 115 Å². The van der Waals surface area contributed by atoms with Crippen LogP contribution in [0.3, 0.4) is 0 Å². The molecule has 1 aromatic heterocycles. The van der Waals surface area contributed by atoms with E-state index in [1.165, 1.54) is 10.8 Å². The average Bonchev–Trinajstić information content (AvgIpc) is 3.28. The van der Waals surface area contributed by atoms with Gasteiger partial charge in [-0.15, -0.1) is 0 Å². The molecule has 0 unspecified atom stereocenters. The Bertz CT molecular complexity index is 1740. The summed E-state index contributed by atoms with van der Waals surface area (Å²) in [6, 6.07) is 43.1. The van der Waals surface area contributed by atoms with E-state index >= 15 is 0 Å². The van der Waals surface area contributed by atoms with E-state index in [1.807, 2.05) is 48.5 Å². The number of anilines is 3. The molecule has 0 saturated heterocycles. The normalized spacial score (nSPS) is 10.8. The van der Waals surface area contributed by atoms with Crippen molar-refractivity contribution in [1.82, 2.24) is 4.57 Å². The SMILES string of the molecule is Cc1cc(N(c2ccc(C#N)cc2)c2ccc(C#N)cc2)cc(-n2c3ccccc3c3ccccc32)c1. The highest BCUT2D eigenvalue weighted by Gasteiger charge is 2.17. The summed E-state index contributed by atoms with van der Waals surface area (Å²) in [5, 5.41) is 21.1. The molecular weight excluding hydrogens is 452 g/mol. The fraction of sp³-hybridized carbons (Fsp3) is 0.0303. The number of fused-ring (bicyclic) bond motifs is 3. The summed E-state index contributed by atoms with van der Waals surface area (Å²) >= 11 is 0. The van der Waals surface area contributed by atoms with Gasteiger partial charge in [0, 0.05) is 33.5 Å². The van der Waals surface area contributed by atoms with Gasteiger partial charge in [0.1, 0.15) is 0 Å². The van der Waals surface area contributed by atoms with Gasteiger partial charge in [-0.05, 0) is 91.3 Å². The second-order valence-corrected chi connectivity index (χ2v) is 9.05. The predicted octanol–water partition coefficient (Wildman–Crippen LogP) is 8.31. The lowest BCUT2D eigenvalue weighted by atomic mass is 10.1. The van der Waals surface area contributed by atoms with Crippen molar-refractivity contribution in [3.8, 4) is 17.8 Å². The van der Waals surface area contributed by atoms with Gasteiger partial charge in [-0.2, -0.15) is 10.5 Å². The van der Waals surface area contributed by atoms with Gasteiger partial charge in [0.2, 0.25) is 0 Å². The number of nitrogens with zero attached hydrogens (tertiary/aromatic N) is 4. The van der Waals surface area contributed by atoms with E-state index < -0.39 is 0 Å². The molecular formula is C33H22N4. The molecule has 0 amide bonds. The molecule has 0 saturated carbocycles. The Morgan fingerprint density at radius 2 is 1.05 bits per heavy atom. The summed E-state index contributed by atoms with van der Waals surface area (Å²) in [5.41, 5.74) is 8.59. The van der Waals surface area contributed by atoms with E-state index in [0.717, 1.165) is 39.3 Å². The number of aromatic nitrogens is 1. The van der Waals surface area contributed by atoms with Crippen molar-refractivity contribution in [2.45, 2.75) is 6.92 Å². The van der Waals surface area contributed by atoms with Gasteiger partial charge in [0.15, 0.2) is 0 Å². The maximum Gasteiger partial charge on any atom is 0.0991 e. The molecule has 0 bridgehead atoms. The molecule has 174 valence electrons. The van der Waals surface area contributed by atoms with Crippen LogP contribution >= 0.6 is 0 Å². The van der Waals surface area contributed by atoms with Gasteiger partial charge < -0.3 is 9.47 Å². The highest BCUT2D eigenvalue weighted by molar-refractivity contribution is 6.09. The zero-order valence-corrected chi connectivity index (χ0v) is 20.3. The minimum Gasteiger partial charge on any atom is -0.310 e. The zero-order chi connectivity index (χ0) is 25.4. The van der Waals surface area contributed by atoms with Gasteiger partial charge in [-0.3, -0.25) is 0 Å². The molecule has 6 aromatic rings. The topological polar surface area (TPSA) is 55.8 Å². The minimum absolute atomic E-state index is 0.610. The van der Waals surface area contributed by atoms with Crippen LogP contribution in [0.25, 0.3) is 27.5 Å². The number of hydrogen-bond donors (Lipinski definition) is 0. The summed E-state index contributed by atoms with van der Waals surface area (Å²) in [5.74, 6) is 0. The van der Waals surface area contributed by atoms with Crippen molar-refractivity contribution < 1.29 is 0 Å². The van der Waals surface area contributed by atoms with E-state index in [0.29, 0.717) is 11.1 Å². The fourth-order valence-electron chi connectivity index (χ4n) is 5.02. The number of benzene rings is 5. The fourth-order valence-corrected chi connectivity index (χ4v) is 5.02. The molecule has 6 rings (SSSR count). The standard InChI is InChI=1S/C33H22N4/c1-23-18-28(36(26-14-10-24(21-34)11-15-26)27-16-12-25(22-35)13-17-27)20-29(19-23)37-32-8-4-2-6-30(32)31-7-3-5-9-33(31)37/h2-20H,1H3. The molecule has 0 aliphatic rings. The molecule has 4 heteroatoms. The van der Waals surface area contributed by atoms with Crippen LogP contribution in [0.5, 0.6) is 0 Å². The molecule has 0 radical (unpaired) electrons. The van der Waals surface area contributed by atoms with Crippen molar-refractivity contribution in [3.05, 3.63) is 132 Å². The summed E-state index contributed by atoms with van der Waals surface area (Å²) in [7, 11) is 0. The Morgan fingerprint density at radius 3 is 1.54 bits per heavy atom. The third kappa shape index (κ3) is 3.88. The van der Waals surface area contributed by atoms with Crippen LogP contribution < -0.4 is 4.90 Å². The maximum absolute atomic E-state index is 9.31. The van der Waals surface area contributed by atoms with E-state index in [2.05, 4.69) is 95.3 Å². The van der Waals surface area contributed by atoms with Crippen LogP contribution in [0.2, 0.25) is 0 Å². The Labute approximate surface area is 215 Å². The van der Waals surface area contributed by atoms with E-state index in [-0.39, 0.29) is 0 Å². The Balaban J connectivity index is 1.59. The van der Waals surface area contributed by atoms with Crippen molar-refractivity contribution in [3.63, 3.8) is 0 Å². The summed E-state index contributed by atoms with van der Waals surface area (Å²) in [6.07, 6.45) is 0. The van der Waals surface area contributed by atoms with E-state index in [4.69, 9.17) is 0 Å². The lowest BCUT2D eigenvalue weighted by Gasteiger charge is -2.27. The molecule has 0 atom stereocenters. The van der Waals surface area contributed by atoms with Gasteiger partial charge in [-0.1, -0.05) is 36.4 Å². The monoisotopic (exact) mass is 474 g/mol. The van der Waals surface area contributed by atoms with Gasteiger partial charge in [0.05, 0.1) is 34.3 Å². The summed E-state index contributed by atoms with van der Waals surface area (Å²) < 4.78 is 2.32. The van der Waals surface area contributed by atoms with Crippen LogP contribution in [0, 0.1) is 29.6 Å². The molecule has 1 heterocycles. The first-order chi connectivity index (χ1) is 18.2. The van der Waals surface area contributed by atoms with Crippen molar-refractivity contribution in [2.75, 3.05) is 4.90 Å². The molecule has 0 spiro atoms. The van der Waals surface area contributed by atoms with Gasteiger partial charge in [0.25, 0.3) is 0 Å². The number of aryl methyl sites for hydroxylation is 1. The number of rotatable bonds is 4. The lowest BCUT2D eigenvalue weighted by molar-refractivity contribution is 1.16. The van der Waals surface area contributed by atoms with Crippen LogP contribution in [0.1, 0.15) is 16.7 Å². The highest BCUT2D eigenvalue weighted by Crippen LogP contribution is 2.38.